The van der Waals surface area contributed by atoms with Gasteiger partial charge in [-0.1, -0.05) is 0 Å². The summed E-state index contributed by atoms with van der Waals surface area (Å²) in [6.07, 6.45) is -4.63. The quantitative estimate of drug-likeness (QED) is 0.738. The highest BCUT2D eigenvalue weighted by molar-refractivity contribution is 5.91. The highest BCUT2D eigenvalue weighted by Gasteiger charge is 2.32. The van der Waals surface area contributed by atoms with E-state index in [-0.39, 0.29) is 23.8 Å². The van der Waals surface area contributed by atoms with Gasteiger partial charge < -0.3 is 20.1 Å². The van der Waals surface area contributed by atoms with Gasteiger partial charge in [-0.15, -0.1) is 0 Å². The zero-order valence-corrected chi connectivity index (χ0v) is 13.5. The molecule has 1 aromatic rings. The number of rotatable bonds is 7. The van der Waals surface area contributed by atoms with Crippen LogP contribution in [0, 0.1) is 0 Å². The van der Waals surface area contributed by atoms with E-state index in [1.165, 1.54) is 13.2 Å². The largest absolute Gasteiger partial charge is 0.465 e. The lowest BCUT2D eigenvalue weighted by Crippen LogP contribution is -2.39. The number of carbonyl (C=O) groups excluding carboxylic acids is 2. The van der Waals surface area contributed by atoms with Gasteiger partial charge in [-0.2, -0.15) is 13.2 Å². The summed E-state index contributed by atoms with van der Waals surface area (Å²) in [6.45, 7) is 1.78. The molecule has 2 N–H and O–H groups in total. The molecule has 6 nitrogen and oxygen atoms in total. The molecule has 0 aliphatic rings. The number of anilines is 1. The average molecular weight is 348 g/mol. The maximum atomic E-state index is 12.9. The second kappa shape index (κ2) is 8.53. The van der Waals surface area contributed by atoms with Crippen LogP contribution in [0.1, 0.15) is 22.8 Å². The number of alkyl halides is 3. The second-order valence-electron chi connectivity index (χ2n) is 5.07. The van der Waals surface area contributed by atoms with E-state index in [4.69, 9.17) is 4.74 Å². The molecule has 1 aromatic carbocycles. The maximum Gasteiger partial charge on any atom is 0.416 e. The molecule has 1 atom stereocenters. The first-order valence-electron chi connectivity index (χ1n) is 7.00. The summed E-state index contributed by atoms with van der Waals surface area (Å²) >= 11 is 0. The van der Waals surface area contributed by atoms with Crippen LogP contribution in [0.3, 0.4) is 0 Å². The van der Waals surface area contributed by atoms with Gasteiger partial charge in [-0.3, -0.25) is 4.79 Å². The van der Waals surface area contributed by atoms with Crippen LogP contribution in [0.25, 0.3) is 0 Å². The first-order valence-corrected chi connectivity index (χ1v) is 7.00. The van der Waals surface area contributed by atoms with Gasteiger partial charge in [-0.05, 0) is 25.1 Å². The normalized spacial score (nSPS) is 12.4. The van der Waals surface area contributed by atoms with E-state index in [0.29, 0.717) is 12.7 Å². The van der Waals surface area contributed by atoms with Crippen LogP contribution in [-0.2, 0) is 20.4 Å². The number of methoxy groups -OCH3 is 2. The van der Waals surface area contributed by atoms with Gasteiger partial charge in [0.25, 0.3) is 0 Å². The Balaban J connectivity index is 2.87. The van der Waals surface area contributed by atoms with Crippen molar-refractivity contribution >= 4 is 17.6 Å². The van der Waals surface area contributed by atoms with Gasteiger partial charge in [0.05, 0.1) is 31.4 Å². The van der Waals surface area contributed by atoms with Crippen molar-refractivity contribution in [2.24, 2.45) is 0 Å². The fraction of sp³-hybridized carbons (Fsp3) is 0.467. The average Bonchev–Trinajstić information content (AvgIpc) is 2.51. The lowest BCUT2D eigenvalue weighted by atomic mass is 10.1. The van der Waals surface area contributed by atoms with Crippen molar-refractivity contribution in [1.29, 1.82) is 0 Å². The Morgan fingerprint density at radius 2 is 1.88 bits per heavy atom. The molecule has 0 aliphatic carbocycles. The van der Waals surface area contributed by atoms with E-state index in [9.17, 15) is 22.8 Å². The summed E-state index contributed by atoms with van der Waals surface area (Å²) in [6, 6.07) is 2.46. The fourth-order valence-corrected chi connectivity index (χ4v) is 1.93. The molecule has 0 saturated carbocycles. The third-order valence-electron chi connectivity index (χ3n) is 2.96. The Hall–Kier alpha value is -2.29. The smallest absolute Gasteiger partial charge is 0.416 e. The number of hydrogen-bond donors (Lipinski definition) is 2. The Morgan fingerprint density at radius 1 is 1.21 bits per heavy atom. The topological polar surface area (TPSA) is 76.7 Å². The molecule has 1 amide bonds. The summed E-state index contributed by atoms with van der Waals surface area (Å²) in [7, 11) is 2.55. The Kier molecular flexibility index (Phi) is 7.02. The van der Waals surface area contributed by atoms with Crippen molar-refractivity contribution in [2.45, 2.75) is 19.1 Å². The molecule has 0 aromatic heterocycles. The molecule has 0 radical (unpaired) electrons. The van der Waals surface area contributed by atoms with Gasteiger partial charge in [0.2, 0.25) is 5.91 Å². The summed E-state index contributed by atoms with van der Waals surface area (Å²) in [5.74, 6) is -1.32. The molecule has 0 aliphatic heterocycles. The van der Waals surface area contributed by atoms with Crippen molar-refractivity contribution in [3.05, 3.63) is 29.3 Å². The summed E-state index contributed by atoms with van der Waals surface area (Å²) in [5, 5.41) is 5.17. The molecule has 0 spiro atoms. The van der Waals surface area contributed by atoms with Gasteiger partial charge in [0, 0.05) is 18.8 Å². The SMILES string of the molecule is COC[C@H](C)NC(=O)CNc1cc(C(=O)OC)cc(C(F)(F)F)c1. The number of nitrogens with one attached hydrogen (secondary N) is 2. The van der Waals surface area contributed by atoms with Crippen LogP contribution in [-0.4, -0.2) is 45.3 Å². The summed E-state index contributed by atoms with van der Waals surface area (Å²) < 4.78 is 48.0. The monoisotopic (exact) mass is 348 g/mol. The number of benzene rings is 1. The standard InChI is InChI=1S/C15H19F3N2O4/c1-9(8-23-2)20-13(21)7-19-12-5-10(14(22)24-3)4-11(6-12)15(16,17)18/h4-6,9,19H,7-8H2,1-3H3,(H,20,21)/t9-/m0/s1. The third kappa shape index (κ3) is 6.07. The number of ether oxygens (including phenoxy) is 2. The van der Waals surface area contributed by atoms with Crippen LogP contribution in [0.15, 0.2) is 18.2 Å². The minimum Gasteiger partial charge on any atom is -0.465 e. The number of halogens is 3. The molecule has 134 valence electrons. The Morgan fingerprint density at radius 3 is 2.42 bits per heavy atom. The van der Waals surface area contributed by atoms with Gasteiger partial charge in [0.1, 0.15) is 0 Å². The van der Waals surface area contributed by atoms with Crippen LogP contribution in [0.5, 0.6) is 0 Å². The van der Waals surface area contributed by atoms with Crippen LogP contribution in [0.2, 0.25) is 0 Å². The lowest BCUT2D eigenvalue weighted by molar-refractivity contribution is -0.137. The predicted octanol–water partition coefficient (Wildman–Crippen LogP) is 2.05. The van der Waals surface area contributed by atoms with Gasteiger partial charge in [-0.25, -0.2) is 4.79 Å². The van der Waals surface area contributed by atoms with Crippen LogP contribution in [0.4, 0.5) is 18.9 Å². The minimum atomic E-state index is -4.63. The van der Waals surface area contributed by atoms with Gasteiger partial charge >= 0.3 is 12.1 Å². The van der Waals surface area contributed by atoms with E-state index < -0.39 is 23.6 Å². The first kappa shape index (κ1) is 19.8. The Bertz CT molecular complexity index is 591. The van der Waals surface area contributed by atoms with E-state index >= 15 is 0 Å². The van der Waals surface area contributed by atoms with Gasteiger partial charge in [0.15, 0.2) is 0 Å². The van der Waals surface area contributed by atoms with Crippen molar-refractivity contribution in [2.75, 3.05) is 32.7 Å². The zero-order valence-electron chi connectivity index (χ0n) is 13.5. The molecule has 1 rings (SSSR count). The number of amides is 1. The maximum absolute atomic E-state index is 12.9. The summed E-state index contributed by atoms with van der Waals surface area (Å²) in [4.78, 5) is 23.2. The van der Waals surface area contributed by atoms with Crippen LogP contribution >= 0.6 is 0 Å². The fourth-order valence-electron chi connectivity index (χ4n) is 1.93. The van der Waals surface area contributed by atoms with Crippen molar-refractivity contribution < 1.29 is 32.2 Å². The molecule has 24 heavy (non-hydrogen) atoms. The van der Waals surface area contributed by atoms with E-state index in [1.807, 2.05) is 0 Å². The molecule has 0 heterocycles. The number of carbonyl (C=O) groups is 2. The van der Waals surface area contributed by atoms with Crippen LogP contribution < -0.4 is 10.6 Å². The first-order chi connectivity index (χ1) is 11.2. The third-order valence-corrected chi connectivity index (χ3v) is 2.96. The number of hydrogen-bond acceptors (Lipinski definition) is 5. The van der Waals surface area contributed by atoms with E-state index in [1.54, 1.807) is 6.92 Å². The predicted molar refractivity (Wildman–Crippen MR) is 80.8 cm³/mol. The summed E-state index contributed by atoms with van der Waals surface area (Å²) in [5.41, 5.74) is -1.29. The highest BCUT2D eigenvalue weighted by Crippen LogP contribution is 2.32. The van der Waals surface area contributed by atoms with Crippen molar-refractivity contribution in [1.82, 2.24) is 5.32 Å². The zero-order chi connectivity index (χ0) is 18.3. The molecule has 0 fully saturated rings. The second-order valence-corrected chi connectivity index (χ2v) is 5.07. The van der Waals surface area contributed by atoms with Crippen molar-refractivity contribution in [3.63, 3.8) is 0 Å². The number of esters is 1. The molecule has 0 saturated heterocycles. The Labute approximate surface area is 137 Å². The van der Waals surface area contributed by atoms with E-state index in [2.05, 4.69) is 15.4 Å². The van der Waals surface area contributed by atoms with Crippen molar-refractivity contribution in [3.8, 4) is 0 Å². The highest BCUT2D eigenvalue weighted by atomic mass is 19.4. The molecule has 9 heteroatoms. The molecular formula is C15H19F3N2O4. The molecular weight excluding hydrogens is 329 g/mol. The lowest BCUT2D eigenvalue weighted by Gasteiger charge is -2.15. The molecule has 0 bridgehead atoms. The minimum absolute atomic E-state index is 0.0141. The van der Waals surface area contributed by atoms with E-state index in [0.717, 1.165) is 13.2 Å². The molecule has 0 unspecified atom stereocenters.